The first-order chi connectivity index (χ1) is 12.3. The summed E-state index contributed by atoms with van der Waals surface area (Å²) >= 11 is 2.23. The first-order valence-electron chi connectivity index (χ1n) is 7.86. The van der Waals surface area contributed by atoms with Gasteiger partial charge in [0.1, 0.15) is 5.60 Å². The summed E-state index contributed by atoms with van der Waals surface area (Å²) in [7, 11) is 0. The molecule has 8 heteroatoms. The molecule has 7 nitrogen and oxygen atoms in total. The van der Waals surface area contributed by atoms with Crippen LogP contribution >= 0.6 is 22.6 Å². The molecule has 0 N–H and O–H groups in total. The minimum atomic E-state index is -0.816. The summed E-state index contributed by atoms with van der Waals surface area (Å²) in [6.07, 6.45) is 2.36. The quantitative estimate of drug-likeness (QED) is 0.426. The second-order valence-corrected chi connectivity index (χ2v) is 7.65. The summed E-state index contributed by atoms with van der Waals surface area (Å²) in [4.78, 5) is 20.4. The number of benzene rings is 1. The zero-order valence-electron chi connectivity index (χ0n) is 14.5. The lowest BCUT2D eigenvalue weighted by atomic mass is 10.2. The van der Waals surface area contributed by atoms with Gasteiger partial charge in [-0.2, -0.15) is 9.78 Å². The average Bonchev–Trinajstić information content (AvgIpc) is 2.98. The molecule has 0 bridgehead atoms. The van der Waals surface area contributed by atoms with Gasteiger partial charge in [0.15, 0.2) is 0 Å². The number of ether oxygens (including phenoxy) is 2. The number of rotatable bonds is 3. The standard InChI is InChI=1S/C18H17IN4O3/c1-18(2,3)26-17(24)25-15-11-14(12-5-7-13(19)8-6-12)22-23(15)16-20-9-4-10-21-16/h4-11H,1-3H3. The first-order valence-corrected chi connectivity index (χ1v) is 8.94. The van der Waals surface area contributed by atoms with Crippen molar-refractivity contribution in [3.8, 4) is 23.1 Å². The highest BCUT2D eigenvalue weighted by Gasteiger charge is 2.22. The third-order valence-electron chi connectivity index (χ3n) is 3.14. The Morgan fingerprint density at radius 2 is 1.77 bits per heavy atom. The van der Waals surface area contributed by atoms with Crippen molar-refractivity contribution in [2.75, 3.05) is 0 Å². The largest absolute Gasteiger partial charge is 0.515 e. The minimum Gasteiger partial charge on any atom is -0.428 e. The molecular weight excluding hydrogens is 447 g/mol. The van der Waals surface area contributed by atoms with Crippen molar-refractivity contribution in [3.63, 3.8) is 0 Å². The van der Waals surface area contributed by atoms with E-state index in [1.54, 1.807) is 45.3 Å². The number of carbonyl (C=O) groups excluding carboxylic acids is 1. The Morgan fingerprint density at radius 3 is 2.38 bits per heavy atom. The minimum absolute atomic E-state index is 0.180. The van der Waals surface area contributed by atoms with E-state index in [1.807, 2.05) is 24.3 Å². The Morgan fingerprint density at radius 1 is 1.12 bits per heavy atom. The van der Waals surface area contributed by atoms with Crippen LogP contribution in [0.15, 0.2) is 48.8 Å². The molecule has 0 saturated carbocycles. The van der Waals surface area contributed by atoms with E-state index >= 15 is 0 Å². The Bertz CT molecular complexity index is 902. The second-order valence-electron chi connectivity index (χ2n) is 6.40. The molecule has 0 fully saturated rings. The topological polar surface area (TPSA) is 79.1 Å². The Balaban J connectivity index is 1.98. The maximum Gasteiger partial charge on any atom is 0.515 e. The third-order valence-corrected chi connectivity index (χ3v) is 3.85. The summed E-state index contributed by atoms with van der Waals surface area (Å²) in [6, 6.07) is 11.2. The van der Waals surface area contributed by atoms with Crippen LogP contribution in [0.3, 0.4) is 0 Å². The van der Waals surface area contributed by atoms with E-state index < -0.39 is 11.8 Å². The zero-order chi connectivity index (χ0) is 18.7. The molecule has 0 unspecified atom stereocenters. The SMILES string of the molecule is CC(C)(C)OC(=O)Oc1cc(-c2ccc(I)cc2)nn1-c1ncccn1. The summed E-state index contributed by atoms with van der Waals surface area (Å²) < 4.78 is 13.1. The van der Waals surface area contributed by atoms with Gasteiger partial charge in [0.25, 0.3) is 5.95 Å². The first kappa shape index (κ1) is 18.3. The van der Waals surface area contributed by atoms with Gasteiger partial charge in [-0.3, -0.25) is 0 Å². The number of aromatic nitrogens is 4. The van der Waals surface area contributed by atoms with Gasteiger partial charge in [-0.15, -0.1) is 0 Å². The summed E-state index contributed by atoms with van der Waals surface area (Å²) in [6.45, 7) is 5.30. The molecule has 0 aliphatic carbocycles. The predicted molar refractivity (Wildman–Crippen MR) is 104 cm³/mol. The molecule has 2 aromatic heterocycles. The lowest BCUT2D eigenvalue weighted by Gasteiger charge is -2.18. The van der Waals surface area contributed by atoms with Gasteiger partial charge in [0.05, 0.1) is 5.69 Å². The van der Waals surface area contributed by atoms with Crippen LogP contribution in [0, 0.1) is 3.57 Å². The maximum atomic E-state index is 12.1. The van der Waals surface area contributed by atoms with E-state index in [0.29, 0.717) is 11.6 Å². The molecule has 0 saturated heterocycles. The lowest BCUT2D eigenvalue weighted by Crippen LogP contribution is -2.26. The number of hydrogen-bond acceptors (Lipinski definition) is 6. The monoisotopic (exact) mass is 464 g/mol. The fraction of sp³-hybridized carbons (Fsp3) is 0.222. The molecule has 0 aliphatic heterocycles. The molecule has 2 heterocycles. The smallest absolute Gasteiger partial charge is 0.428 e. The average molecular weight is 464 g/mol. The van der Waals surface area contributed by atoms with Crippen molar-refractivity contribution in [2.24, 2.45) is 0 Å². The molecular formula is C18H17IN4O3. The van der Waals surface area contributed by atoms with Crippen molar-refractivity contribution in [1.29, 1.82) is 0 Å². The highest BCUT2D eigenvalue weighted by atomic mass is 127. The molecule has 0 atom stereocenters. The Kier molecular flexibility index (Phi) is 5.21. The number of nitrogens with zero attached hydrogens (tertiary/aromatic N) is 4. The van der Waals surface area contributed by atoms with Gasteiger partial charge in [0, 0.05) is 27.6 Å². The predicted octanol–water partition coefficient (Wildman–Crippen LogP) is 4.25. The van der Waals surface area contributed by atoms with Crippen molar-refractivity contribution < 1.29 is 14.3 Å². The fourth-order valence-corrected chi connectivity index (χ4v) is 2.46. The molecule has 3 rings (SSSR count). The molecule has 3 aromatic rings. The van der Waals surface area contributed by atoms with Crippen LogP contribution in [-0.2, 0) is 4.74 Å². The second kappa shape index (κ2) is 7.40. The fourth-order valence-electron chi connectivity index (χ4n) is 2.10. The number of halogens is 1. The molecule has 26 heavy (non-hydrogen) atoms. The van der Waals surface area contributed by atoms with Crippen molar-refractivity contribution in [2.45, 2.75) is 26.4 Å². The summed E-state index contributed by atoms with van der Waals surface area (Å²) in [5.74, 6) is 0.474. The van der Waals surface area contributed by atoms with E-state index in [1.165, 1.54) is 4.68 Å². The van der Waals surface area contributed by atoms with Gasteiger partial charge in [-0.1, -0.05) is 12.1 Å². The van der Waals surface area contributed by atoms with E-state index in [0.717, 1.165) is 9.13 Å². The molecule has 0 radical (unpaired) electrons. The van der Waals surface area contributed by atoms with Crippen molar-refractivity contribution in [3.05, 3.63) is 52.4 Å². The summed E-state index contributed by atoms with van der Waals surface area (Å²) in [5, 5.41) is 4.49. The van der Waals surface area contributed by atoms with Crippen LogP contribution < -0.4 is 4.74 Å². The Hall–Kier alpha value is -2.49. The molecule has 1 aromatic carbocycles. The van der Waals surface area contributed by atoms with E-state index in [-0.39, 0.29) is 5.88 Å². The third kappa shape index (κ3) is 4.57. The van der Waals surface area contributed by atoms with Crippen LogP contribution in [-0.4, -0.2) is 31.5 Å². The van der Waals surface area contributed by atoms with Crippen LogP contribution in [0.1, 0.15) is 20.8 Å². The van der Waals surface area contributed by atoms with Crippen LogP contribution in [0.5, 0.6) is 5.88 Å². The van der Waals surface area contributed by atoms with E-state index in [2.05, 4.69) is 37.7 Å². The maximum absolute atomic E-state index is 12.1. The lowest BCUT2D eigenvalue weighted by molar-refractivity contribution is 0.0191. The molecule has 0 spiro atoms. The van der Waals surface area contributed by atoms with Crippen LogP contribution in [0.2, 0.25) is 0 Å². The highest BCUT2D eigenvalue weighted by Crippen LogP contribution is 2.26. The number of hydrogen-bond donors (Lipinski definition) is 0. The van der Waals surface area contributed by atoms with Crippen LogP contribution in [0.25, 0.3) is 17.2 Å². The zero-order valence-corrected chi connectivity index (χ0v) is 16.7. The number of carbonyl (C=O) groups is 1. The van der Waals surface area contributed by atoms with Gasteiger partial charge >= 0.3 is 6.16 Å². The van der Waals surface area contributed by atoms with Crippen molar-refractivity contribution in [1.82, 2.24) is 19.7 Å². The van der Waals surface area contributed by atoms with Gasteiger partial charge < -0.3 is 9.47 Å². The van der Waals surface area contributed by atoms with Gasteiger partial charge in [-0.05, 0) is 61.6 Å². The van der Waals surface area contributed by atoms with Gasteiger partial charge in [-0.25, -0.2) is 14.8 Å². The van der Waals surface area contributed by atoms with E-state index in [4.69, 9.17) is 9.47 Å². The normalized spacial score (nSPS) is 11.2. The molecule has 0 amide bonds. The Labute approximate surface area is 164 Å². The molecule has 134 valence electrons. The summed E-state index contributed by atoms with van der Waals surface area (Å²) in [5.41, 5.74) is 0.853. The highest BCUT2D eigenvalue weighted by molar-refractivity contribution is 14.1. The van der Waals surface area contributed by atoms with Crippen LogP contribution in [0.4, 0.5) is 4.79 Å². The van der Waals surface area contributed by atoms with E-state index in [9.17, 15) is 4.79 Å². The molecule has 0 aliphatic rings. The van der Waals surface area contributed by atoms with Crippen molar-refractivity contribution >= 4 is 28.7 Å². The van der Waals surface area contributed by atoms with Gasteiger partial charge in [0.2, 0.25) is 5.88 Å².